The molecule has 0 unspecified atom stereocenters. The van der Waals surface area contributed by atoms with Crippen LogP contribution in [-0.2, 0) is 20.9 Å². The topological polar surface area (TPSA) is 99.0 Å². The van der Waals surface area contributed by atoms with Crippen molar-refractivity contribution in [3.63, 3.8) is 0 Å². The Balaban J connectivity index is 1.48. The highest BCUT2D eigenvalue weighted by Gasteiger charge is 2.12. The van der Waals surface area contributed by atoms with Crippen LogP contribution >= 0.6 is 11.6 Å². The highest BCUT2D eigenvalue weighted by molar-refractivity contribution is 6.30. The zero-order valence-electron chi connectivity index (χ0n) is 13.8. The summed E-state index contributed by atoms with van der Waals surface area (Å²) >= 11 is 5.82. The van der Waals surface area contributed by atoms with Crippen molar-refractivity contribution in [3.05, 3.63) is 59.4 Å². The molecule has 0 aliphatic rings. The molecule has 1 N–H and O–H groups in total. The number of amides is 1. The van der Waals surface area contributed by atoms with Crippen LogP contribution in [0.25, 0.3) is 11.4 Å². The Hall–Kier alpha value is -3.33. The van der Waals surface area contributed by atoms with Crippen LogP contribution in [0.5, 0.6) is 0 Å². The van der Waals surface area contributed by atoms with Gasteiger partial charge in [0.15, 0.2) is 13.2 Å². The summed E-state index contributed by atoms with van der Waals surface area (Å²) in [6.45, 7) is -0.792. The number of nitrogens with one attached hydrogen (secondary N) is 1. The second kappa shape index (κ2) is 8.37. The van der Waals surface area contributed by atoms with Gasteiger partial charge in [0.25, 0.3) is 5.91 Å². The molecule has 8 nitrogen and oxygen atoms in total. The number of carbonyl (C=O) groups excluding carboxylic acids is 2. The number of benzene rings is 2. The van der Waals surface area contributed by atoms with Gasteiger partial charge in [-0.1, -0.05) is 11.6 Å². The third-order valence-corrected chi connectivity index (χ3v) is 3.57. The summed E-state index contributed by atoms with van der Waals surface area (Å²) in [4.78, 5) is 24.6. The molecule has 3 rings (SSSR count). The second-order valence-corrected chi connectivity index (χ2v) is 5.80. The predicted octanol–water partition coefficient (Wildman–Crippen LogP) is 2.31. The minimum Gasteiger partial charge on any atom is -0.454 e. The first kappa shape index (κ1) is 18.5. The molecule has 2 aromatic carbocycles. The van der Waals surface area contributed by atoms with Crippen LogP contribution in [0.4, 0.5) is 10.1 Å². The molecule has 1 heterocycles. The van der Waals surface area contributed by atoms with E-state index in [2.05, 4.69) is 20.7 Å². The molecule has 0 fully saturated rings. The molecule has 0 bridgehead atoms. The van der Waals surface area contributed by atoms with Gasteiger partial charge >= 0.3 is 5.97 Å². The number of halogens is 2. The SMILES string of the molecule is O=C(COC(=O)Cn1nnc(-c2ccc(Cl)cc2)n1)Nc1ccc(F)cc1. The van der Waals surface area contributed by atoms with Gasteiger partial charge in [-0.25, -0.2) is 9.18 Å². The number of hydrogen-bond acceptors (Lipinski definition) is 6. The van der Waals surface area contributed by atoms with E-state index < -0.39 is 24.3 Å². The van der Waals surface area contributed by atoms with E-state index in [1.165, 1.54) is 24.3 Å². The minimum atomic E-state index is -0.704. The lowest BCUT2D eigenvalue weighted by Crippen LogP contribution is -2.23. The van der Waals surface area contributed by atoms with Crippen molar-refractivity contribution in [1.29, 1.82) is 0 Å². The molecule has 138 valence electrons. The Morgan fingerprint density at radius 3 is 2.52 bits per heavy atom. The minimum absolute atomic E-state index is 0.301. The molecule has 27 heavy (non-hydrogen) atoms. The van der Waals surface area contributed by atoms with Crippen molar-refractivity contribution in [2.75, 3.05) is 11.9 Å². The predicted molar refractivity (Wildman–Crippen MR) is 94.3 cm³/mol. The molecule has 0 radical (unpaired) electrons. The lowest BCUT2D eigenvalue weighted by atomic mass is 10.2. The van der Waals surface area contributed by atoms with E-state index >= 15 is 0 Å². The number of aromatic nitrogens is 4. The first-order valence-corrected chi connectivity index (χ1v) is 8.12. The number of nitrogens with zero attached hydrogens (tertiary/aromatic N) is 4. The molecule has 0 spiro atoms. The number of hydrogen-bond donors (Lipinski definition) is 1. The van der Waals surface area contributed by atoms with Gasteiger partial charge in [-0.15, -0.1) is 10.2 Å². The van der Waals surface area contributed by atoms with Gasteiger partial charge in [0.05, 0.1) is 0 Å². The first-order chi connectivity index (χ1) is 13.0. The van der Waals surface area contributed by atoms with Crippen LogP contribution in [-0.4, -0.2) is 38.7 Å². The first-order valence-electron chi connectivity index (χ1n) is 7.74. The number of esters is 1. The smallest absolute Gasteiger partial charge is 0.330 e. The maximum Gasteiger partial charge on any atom is 0.330 e. The molecule has 10 heteroatoms. The summed E-state index contributed by atoms with van der Waals surface area (Å²) in [7, 11) is 0. The van der Waals surface area contributed by atoms with Crippen LogP contribution in [0.15, 0.2) is 48.5 Å². The maximum atomic E-state index is 12.8. The third-order valence-electron chi connectivity index (χ3n) is 3.32. The molecule has 0 aliphatic carbocycles. The zero-order valence-corrected chi connectivity index (χ0v) is 14.6. The molecule has 0 atom stereocenters. The molecule has 3 aromatic rings. The Bertz CT molecular complexity index is 944. The van der Waals surface area contributed by atoms with Crippen LogP contribution in [0.3, 0.4) is 0 Å². The quantitative estimate of drug-likeness (QED) is 0.649. The highest BCUT2D eigenvalue weighted by atomic mass is 35.5. The van der Waals surface area contributed by atoms with Crippen molar-refractivity contribution < 1.29 is 18.7 Å². The van der Waals surface area contributed by atoms with E-state index in [1.807, 2.05) is 0 Å². The van der Waals surface area contributed by atoms with Crippen molar-refractivity contribution in [2.24, 2.45) is 0 Å². The van der Waals surface area contributed by atoms with Crippen LogP contribution in [0, 0.1) is 5.82 Å². The van der Waals surface area contributed by atoms with Crippen LogP contribution in [0.2, 0.25) is 5.02 Å². The van der Waals surface area contributed by atoms with Gasteiger partial charge in [-0.3, -0.25) is 4.79 Å². The maximum absolute atomic E-state index is 12.8. The van der Waals surface area contributed by atoms with Gasteiger partial charge in [0.1, 0.15) is 5.82 Å². The lowest BCUT2D eigenvalue weighted by Gasteiger charge is -2.06. The monoisotopic (exact) mass is 389 g/mol. The second-order valence-electron chi connectivity index (χ2n) is 5.37. The molecule has 1 aromatic heterocycles. The normalized spacial score (nSPS) is 10.4. The molecule has 0 saturated heterocycles. The van der Waals surface area contributed by atoms with Crippen LogP contribution in [0.1, 0.15) is 0 Å². The summed E-state index contributed by atoms with van der Waals surface area (Å²) in [5, 5.41) is 14.7. The number of tetrazole rings is 1. The zero-order chi connectivity index (χ0) is 19.2. The fourth-order valence-corrected chi connectivity index (χ4v) is 2.19. The summed E-state index contributed by atoms with van der Waals surface area (Å²) in [5.41, 5.74) is 1.08. The van der Waals surface area contributed by atoms with E-state index in [4.69, 9.17) is 16.3 Å². The van der Waals surface area contributed by atoms with Gasteiger partial charge in [-0.2, -0.15) is 4.80 Å². The van der Waals surface area contributed by atoms with E-state index in [-0.39, 0.29) is 6.54 Å². The van der Waals surface area contributed by atoms with Crippen molar-refractivity contribution in [3.8, 4) is 11.4 Å². The molecular formula is C17H13ClFN5O3. The van der Waals surface area contributed by atoms with E-state index in [9.17, 15) is 14.0 Å². The van der Waals surface area contributed by atoms with Crippen molar-refractivity contribution in [2.45, 2.75) is 6.54 Å². The van der Waals surface area contributed by atoms with Crippen molar-refractivity contribution >= 4 is 29.2 Å². The standard InChI is InChI=1S/C17H13ClFN5O3/c18-12-3-1-11(2-4-12)17-21-23-24(22-17)9-16(26)27-10-15(25)20-14-7-5-13(19)6-8-14/h1-8H,9-10H2,(H,20,25). The van der Waals surface area contributed by atoms with Gasteiger partial charge < -0.3 is 10.1 Å². The van der Waals surface area contributed by atoms with E-state index in [0.29, 0.717) is 22.1 Å². The Morgan fingerprint density at radius 2 is 1.81 bits per heavy atom. The fraction of sp³-hybridized carbons (Fsp3) is 0.118. The summed E-state index contributed by atoms with van der Waals surface area (Å²) in [5.74, 6) is -1.35. The van der Waals surface area contributed by atoms with Gasteiger partial charge in [-0.05, 0) is 53.7 Å². The Labute approximate surface area is 157 Å². The Morgan fingerprint density at radius 1 is 1.11 bits per heavy atom. The third kappa shape index (κ3) is 5.32. The number of anilines is 1. The number of rotatable bonds is 6. The number of ether oxygens (including phenoxy) is 1. The van der Waals surface area contributed by atoms with Crippen LogP contribution < -0.4 is 5.32 Å². The molecular weight excluding hydrogens is 377 g/mol. The Kier molecular flexibility index (Phi) is 5.72. The number of carbonyl (C=O) groups is 2. The van der Waals surface area contributed by atoms with E-state index in [1.54, 1.807) is 24.3 Å². The lowest BCUT2D eigenvalue weighted by molar-refractivity contribution is -0.148. The largest absolute Gasteiger partial charge is 0.454 e. The van der Waals surface area contributed by atoms with Gasteiger partial charge in [0, 0.05) is 16.3 Å². The van der Waals surface area contributed by atoms with E-state index in [0.717, 1.165) is 4.80 Å². The average molecular weight is 390 g/mol. The average Bonchev–Trinajstić information content (AvgIpc) is 3.11. The van der Waals surface area contributed by atoms with Crippen molar-refractivity contribution in [1.82, 2.24) is 20.2 Å². The van der Waals surface area contributed by atoms with Gasteiger partial charge in [0.2, 0.25) is 5.82 Å². The molecule has 1 amide bonds. The summed E-state index contributed by atoms with van der Waals surface area (Å²) in [6.07, 6.45) is 0. The highest BCUT2D eigenvalue weighted by Crippen LogP contribution is 2.16. The summed E-state index contributed by atoms with van der Waals surface area (Å²) < 4.78 is 17.7. The molecule has 0 saturated carbocycles. The molecule has 0 aliphatic heterocycles. The summed E-state index contributed by atoms with van der Waals surface area (Å²) in [6, 6.07) is 12.0. The fourth-order valence-electron chi connectivity index (χ4n) is 2.06.